The summed E-state index contributed by atoms with van der Waals surface area (Å²) in [6.45, 7) is 17.4. The summed E-state index contributed by atoms with van der Waals surface area (Å²) < 4.78 is 14.5. The zero-order valence-corrected chi connectivity index (χ0v) is 35.7. The lowest BCUT2D eigenvalue weighted by molar-refractivity contribution is -0.111. The Hall–Kier alpha value is -2.19. The quantitative estimate of drug-likeness (QED) is 0.134. The number of aliphatic hydroxyl groups excluding tert-OH is 1. The van der Waals surface area contributed by atoms with E-state index in [1.54, 1.807) is 0 Å². The summed E-state index contributed by atoms with van der Waals surface area (Å²) in [5, 5.41) is 22.2. The summed E-state index contributed by atoms with van der Waals surface area (Å²) in [7, 11) is 0. The SMILES string of the molecule is CC(C)(C=O)c1ccc2c(I)cnn2c1.CC(C)(CN1CCOCC1)c1ccc2c(I)cnn2c1.CC(C)(CO)c1ccc2c(I)cnn2c1. The molecule has 0 aromatic carbocycles. The third-order valence-corrected chi connectivity index (χ3v) is 11.6. The highest BCUT2D eigenvalue weighted by Gasteiger charge is 2.26. The third-order valence-electron chi connectivity index (χ3n) is 9.13. The highest BCUT2D eigenvalue weighted by Crippen LogP contribution is 2.27. The maximum Gasteiger partial charge on any atom is 0.130 e. The van der Waals surface area contributed by atoms with Crippen molar-refractivity contribution in [3.8, 4) is 0 Å². The molecule has 13 heteroatoms. The number of hydrogen-bond donors (Lipinski definition) is 1. The van der Waals surface area contributed by atoms with E-state index in [1.165, 1.54) is 14.7 Å². The fourth-order valence-corrected chi connectivity index (χ4v) is 7.26. The average molecular weight is 1020 g/mol. The van der Waals surface area contributed by atoms with Gasteiger partial charge in [0.05, 0.1) is 65.7 Å². The molecule has 1 aliphatic heterocycles. The summed E-state index contributed by atoms with van der Waals surface area (Å²) in [5.74, 6) is 0. The second-order valence-electron chi connectivity index (χ2n) is 14.4. The number of aromatic nitrogens is 6. The summed E-state index contributed by atoms with van der Waals surface area (Å²) in [4.78, 5) is 13.4. The number of aliphatic hydroxyl groups is 1. The molecule has 10 nitrogen and oxygen atoms in total. The number of morpholine rings is 1. The standard InChI is InChI=1S/C15H20IN3O.C11H13IN2O.C11H11IN2O/c1-15(2,11-18-5-7-20-8-6-18)12-3-4-14-13(16)9-17-19(14)10-12;2*1-11(2,7-15)8-3-4-10-9(12)5-13-14(10)6-8/h3-4,9-10H,5-8,11H2,1-2H3;3-6,15H,7H2,1-2H3;3-7H,1-2H3. The van der Waals surface area contributed by atoms with Crippen molar-refractivity contribution < 1.29 is 14.6 Å². The number of nitrogens with zero attached hydrogens (tertiary/aromatic N) is 7. The topological polar surface area (TPSA) is 102 Å². The molecular formula is C37H44I3N7O3. The van der Waals surface area contributed by atoms with Crippen molar-refractivity contribution in [2.24, 2.45) is 0 Å². The molecule has 50 heavy (non-hydrogen) atoms. The predicted octanol–water partition coefficient (Wildman–Crippen LogP) is 7.17. The van der Waals surface area contributed by atoms with Crippen molar-refractivity contribution in [1.29, 1.82) is 0 Å². The molecule has 0 aliphatic carbocycles. The molecule has 7 heterocycles. The van der Waals surface area contributed by atoms with Gasteiger partial charge in [-0.1, -0.05) is 45.9 Å². The summed E-state index contributed by atoms with van der Waals surface area (Å²) in [5.41, 5.74) is 6.20. The number of fused-ring (bicyclic) bond motifs is 3. The number of pyridine rings is 3. The van der Waals surface area contributed by atoms with E-state index < -0.39 is 5.41 Å². The number of ether oxygens (including phenoxy) is 1. The summed E-state index contributed by atoms with van der Waals surface area (Å²) in [6, 6.07) is 12.5. The second-order valence-corrected chi connectivity index (χ2v) is 17.9. The van der Waals surface area contributed by atoms with Crippen LogP contribution in [0.15, 0.2) is 73.6 Å². The predicted molar refractivity (Wildman–Crippen MR) is 223 cm³/mol. The second kappa shape index (κ2) is 16.2. The molecule has 1 fully saturated rings. The molecule has 1 saturated heterocycles. The van der Waals surface area contributed by atoms with Crippen molar-refractivity contribution in [3.05, 3.63) is 101 Å². The van der Waals surface area contributed by atoms with Crippen LogP contribution < -0.4 is 0 Å². The Morgan fingerprint density at radius 3 is 1.50 bits per heavy atom. The van der Waals surface area contributed by atoms with Gasteiger partial charge in [-0.3, -0.25) is 4.90 Å². The third kappa shape index (κ3) is 9.05. The molecule has 0 bridgehead atoms. The van der Waals surface area contributed by atoms with Crippen molar-refractivity contribution in [2.75, 3.05) is 39.5 Å². The Morgan fingerprint density at radius 2 is 1.08 bits per heavy atom. The van der Waals surface area contributed by atoms with E-state index in [9.17, 15) is 9.90 Å². The lowest BCUT2D eigenvalue weighted by Gasteiger charge is -2.35. The molecule has 1 N–H and O–H groups in total. The molecule has 6 aromatic rings. The smallest absolute Gasteiger partial charge is 0.130 e. The zero-order valence-electron chi connectivity index (χ0n) is 29.3. The van der Waals surface area contributed by atoms with Gasteiger partial charge in [0.2, 0.25) is 0 Å². The fraction of sp³-hybridized carbons (Fsp3) is 0.405. The minimum absolute atomic E-state index is 0.114. The van der Waals surface area contributed by atoms with Crippen molar-refractivity contribution in [3.63, 3.8) is 0 Å². The minimum atomic E-state index is -0.453. The van der Waals surface area contributed by atoms with E-state index >= 15 is 0 Å². The van der Waals surface area contributed by atoms with Crippen LogP contribution in [0.3, 0.4) is 0 Å². The van der Waals surface area contributed by atoms with E-state index in [0.29, 0.717) is 0 Å². The van der Waals surface area contributed by atoms with Crippen LogP contribution in [0.4, 0.5) is 0 Å². The van der Waals surface area contributed by atoms with Gasteiger partial charge in [-0.05, 0) is 117 Å². The Kier molecular flexibility index (Phi) is 12.7. The van der Waals surface area contributed by atoms with Crippen LogP contribution in [0.25, 0.3) is 16.6 Å². The van der Waals surface area contributed by atoms with Gasteiger partial charge in [-0.2, -0.15) is 15.3 Å². The normalized spacial score (nSPS) is 14.4. The number of hydrogen-bond acceptors (Lipinski definition) is 7. The Morgan fingerprint density at radius 1 is 0.680 bits per heavy atom. The molecule has 0 unspecified atom stereocenters. The molecule has 0 spiro atoms. The Bertz CT molecular complexity index is 2080. The highest BCUT2D eigenvalue weighted by molar-refractivity contribution is 14.1. The maximum atomic E-state index is 10.9. The molecule has 6 aromatic heterocycles. The number of halogens is 3. The fourth-order valence-electron chi connectivity index (χ4n) is 5.61. The van der Waals surface area contributed by atoms with Crippen LogP contribution in [0.1, 0.15) is 58.2 Å². The first-order chi connectivity index (χ1) is 23.6. The van der Waals surface area contributed by atoms with Crippen LogP contribution in [-0.2, 0) is 25.8 Å². The highest BCUT2D eigenvalue weighted by atomic mass is 127. The Labute approximate surface area is 334 Å². The van der Waals surface area contributed by atoms with Gasteiger partial charge in [-0.25, -0.2) is 13.5 Å². The first-order valence-corrected chi connectivity index (χ1v) is 19.7. The van der Waals surface area contributed by atoms with Gasteiger partial charge in [0.25, 0.3) is 0 Å². The lowest BCUT2D eigenvalue weighted by atomic mass is 9.85. The van der Waals surface area contributed by atoms with Crippen LogP contribution in [0.2, 0.25) is 0 Å². The molecule has 1 aliphatic rings. The molecule has 7 rings (SSSR count). The molecule has 0 radical (unpaired) electrons. The van der Waals surface area contributed by atoms with E-state index in [0.717, 1.165) is 68.4 Å². The van der Waals surface area contributed by atoms with Crippen molar-refractivity contribution in [1.82, 2.24) is 33.7 Å². The first-order valence-electron chi connectivity index (χ1n) is 16.4. The van der Waals surface area contributed by atoms with Crippen LogP contribution >= 0.6 is 67.8 Å². The molecule has 0 saturated carbocycles. The van der Waals surface area contributed by atoms with Gasteiger partial charge in [0, 0.05) is 54.5 Å². The molecule has 266 valence electrons. The van der Waals surface area contributed by atoms with Gasteiger partial charge in [0.15, 0.2) is 0 Å². The Balaban J connectivity index is 0.000000148. The van der Waals surface area contributed by atoms with E-state index in [4.69, 9.17) is 4.74 Å². The number of rotatable bonds is 7. The van der Waals surface area contributed by atoms with E-state index in [2.05, 4.69) is 126 Å². The van der Waals surface area contributed by atoms with Crippen molar-refractivity contribution in [2.45, 2.75) is 57.8 Å². The number of carbonyl (C=O) groups excluding carboxylic acids is 1. The van der Waals surface area contributed by atoms with Crippen molar-refractivity contribution >= 4 is 90.6 Å². The summed E-state index contributed by atoms with van der Waals surface area (Å²) in [6.07, 6.45) is 12.6. The van der Waals surface area contributed by atoms with E-state index in [1.807, 2.05) is 90.4 Å². The van der Waals surface area contributed by atoms with E-state index in [-0.39, 0.29) is 17.4 Å². The molecule has 0 atom stereocenters. The monoisotopic (exact) mass is 1020 g/mol. The largest absolute Gasteiger partial charge is 0.395 e. The van der Waals surface area contributed by atoms with Gasteiger partial charge in [-0.15, -0.1) is 0 Å². The number of aldehydes is 1. The van der Waals surface area contributed by atoms with Gasteiger partial charge >= 0.3 is 0 Å². The minimum Gasteiger partial charge on any atom is -0.395 e. The van der Waals surface area contributed by atoms with Gasteiger partial charge in [0.1, 0.15) is 6.29 Å². The van der Waals surface area contributed by atoms with Gasteiger partial charge < -0.3 is 14.6 Å². The average Bonchev–Trinajstić information content (AvgIpc) is 3.80. The van der Waals surface area contributed by atoms with Crippen LogP contribution in [0, 0.1) is 10.7 Å². The number of carbonyl (C=O) groups is 1. The zero-order chi connectivity index (χ0) is 36.3. The maximum absolute atomic E-state index is 10.9. The first kappa shape index (κ1) is 39.0. The lowest BCUT2D eigenvalue weighted by Crippen LogP contribution is -2.43. The molecular weight excluding hydrogens is 971 g/mol. The molecule has 0 amide bonds. The summed E-state index contributed by atoms with van der Waals surface area (Å²) >= 11 is 6.83. The van der Waals surface area contributed by atoms with Crippen LogP contribution in [0.5, 0.6) is 0 Å². The van der Waals surface area contributed by atoms with Crippen LogP contribution in [-0.4, -0.2) is 84.6 Å².